The minimum Gasteiger partial charge on any atom is -0.383 e. The number of aromatic nitrogens is 5. The van der Waals surface area contributed by atoms with E-state index in [1.165, 1.54) is 25.3 Å². The van der Waals surface area contributed by atoms with Crippen LogP contribution in [0.15, 0.2) is 37.3 Å². The van der Waals surface area contributed by atoms with Crippen molar-refractivity contribution < 1.29 is 14.0 Å². The zero-order valence-corrected chi connectivity index (χ0v) is 20.2. The maximum Gasteiger partial charge on any atom is 0.246 e. The minimum absolute atomic E-state index is 0.165. The number of fused-ring (bicyclic) bond motifs is 2. The molecule has 1 saturated carbocycles. The van der Waals surface area contributed by atoms with Crippen molar-refractivity contribution >= 4 is 39.4 Å². The molecular weight excluding hydrogens is 473 g/mol. The van der Waals surface area contributed by atoms with Crippen LogP contribution >= 0.6 is 0 Å². The van der Waals surface area contributed by atoms with Gasteiger partial charge < -0.3 is 15.2 Å². The molecule has 2 N–H and O–H groups in total. The second kappa shape index (κ2) is 8.55. The highest BCUT2D eigenvalue weighted by molar-refractivity contribution is 6.09. The highest BCUT2D eigenvalue weighted by atomic mass is 19.1. The Morgan fingerprint density at radius 3 is 2.73 bits per heavy atom. The second-order valence-electron chi connectivity index (χ2n) is 9.51. The van der Waals surface area contributed by atoms with E-state index in [9.17, 15) is 9.59 Å². The number of hydrogen-bond acceptors (Lipinski definition) is 6. The van der Waals surface area contributed by atoms with E-state index in [1.807, 2.05) is 4.57 Å². The lowest BCUT2D eigenvalue weighted by atomic mass is 10.1. The first-order valence-corrected chi connectivity index (χ1v) is 12.1. The van der Waals surface area contributed by atoms with Crippen LogP contribution in [0.1, 0.15) is 59.9 Å². The fourth-order valence-electron chi connectivity index (χ4n) is 4.99. The molecule has 2 aliphatic rings. The SMILES string of the molecule is C=CC(=O)N1CC[C@H](n2nc(C#Cc3cc4ncn(C5CC5)c4cc3F)c3c(N)ncc(C(C)=O)c32)C1. The van der Waals surface area contributed by atoms with Gasteiger partial charge in [0.05, 0.1) is 45.4 Å². The summed E-state index contributed by atoms with van der Waals surface area (Å²) in [4.78, 5) is 34.9. The van der Waals surface area contributed by atoms with Gasteiger partial charge in [-0.1, -0.05) is 12.5 Å². The normalized spacial score (nSPS) is 17.2. The first-order valence-electron chi connectivity index (χ1n) is 12.1. The molecule has 0 unspecified atom stereocenters. The molecule has 0 spiro atoms. The van der Waals surface area contributed by atoms with Gasteiger partial charge in [-0.25, -0.2) is 14.4 Å². The average molecular weight is 498 g/mol. The van der Waals surface area contributed by atoms with Crippen LogP contribution in [0.25, 0.3) is 21.9 Å². The van der Waals surface area contributed by atoms with Crippen molar-refractivity contribution in [3.63, 3.8) is 0 Å². The van der Waals surface area contributed by atoms with Gasteiger partial charge in [-0.3, -0.25) is 14.3 Å². The molecule has 1 atom stereocenters. The number of amides is 1. The summed E-state index contributed by atoms with van der Waals surface area (Å²) in [6.45, 7) is 5.95. The van der Waals surface area contributed by atoms with Crippen LogP contribution < -0.4 is 5.73 Å². The topological polar surface area (TPSA) is 112 Å². The third-order valence-electron chi connectivity index (χ3n) is 7.05. The Bertz CT molecular complexity index is 1690. The number of halogens is 1. The number of imidazole rings is 1. The summed E-state index contributed by atoms with van der Waals surface area (Å²) in [5.74, 6) is 5.21. The molecule has 2 fully saturated rings. The number of nitrogens with zero attached hydrogens (tertiary/aromatic N) is 6. The monoisotopic (exact) mass is 497 g/mol. The molecular formula is C27H24FN7O2. The highest BCUT2D eigenvalue weighted by Crippen LogP contribution is 2.37. The lowest BCUT2D eigenvalue weighted by Gasteiger charge is -2.16. The Morgan fingerprint density at radius 2 is 2.00 bits per heavy atom. The van der Waals surface area contributed by atoms with Gasteiger partial charge in [0.2, 0.25) is 5.91 Å². The van der Waals surface area contributed by atoms with E-state index in [0.717, 1.165) is 18.4 Å². The van der Waals surface area contributed by atoms with E-state index < -0.39 is 5.82 Å². The van der Waals surface area contributed by atoms with Gasteiger partial charge in [0, 0.05) is 31.4 Å². The standard InChI is InChI=1S/C27H24FN7O2/c1-3-24(37)33-9-8-18(13-33)35-26-19(15(2)36)12-30-27(29)25(26)21(32-35)7-4-16-10-22-23(11-20(16)28)34(14-31-22)17-5-6-17/h3,10-12,14,17-18H,1,5-6,8-9,13H2,2H3,(H2,29,30)/t18-/m0/s1. The molecule has 9 nitrogen and oxygen atoms in total. The molecule has 186 valence electrons. The van der Waals surface area contributed by atoms with Crippen LogP contribution in [0, 0.1) is 17.7 Å². The van der Waals surface area contributed by atoms with Crippen LogP contribution in [-0.2, 0) is 4.79 Å². The number of hydrogen-bond donors (Lipinski definition) is 1. The van der Waals surface area contributed by atoms with Gasteiger partial charge in [0.15, 0.2) is 5.78 Å². The lowest BCUT2D eigenvalue weighted by molar-refractivity contribution is -0.125. The lowest BCUT2D eigenvalue weighted by Crippen LogP contribution is -2.27. The number of pyridine rings is 1. The van der Waals surface area contributed by atoms with E-state index in [4.69, 9.17) is 10.8 Å². The number of nitrogen functional groups attached to an aromatic ring is 1. The van der Waals surface area contributed by atoms with Crippen LogP contribution in [0.4, 0.5) is 10.2 Å². The molecule has 6 rings (SSSR count). The van der Waals surface area contributed by atoms with E-state index in [2.05, 4.69) is 28.4 Å². The van der Waals surface area contributed by atoms with E-state index in [-0.39, 0.29) is 29.1 Å². The van der Waals surface area contributed by atoms with Crippen molar-refractivity contribution in [1.29, 1.82) is 0 Å². The molecule has 1 aliphatic carbocycles. The van der Waals surface area contributed by atoms with Gasteiger partial charge in [-0.15, -0.1) is 0 Å². The van der Waals surface area contributed by atoms with Crippen LogP contribution in [-0.4, -0.2) is 54.0 Å². The van der Waals surface area contributed by atoms with Crippen molar-refractivity contribution in [1.82, 2.24) is 29.2 Å². The average Bonchev–Trinajstić information content (AvgIpc) is 3.28. The third-order valence-corrected chi connectivity index (χ3v) is 7.05. The molecule has 37 heavy (non-hydrogen) atoms. The maximum atomic E-state index is 15.0. The number of rotatable bonds is 4. The summed E-state index contributed by atoms with van der Waals surface area (Å²) in [5, 5.41) is 5.14. The number of carbonyl (C=O) groups excluding carboxylic acids is 2. The van der Waals surface area contributed by atoms with Crippen molar-refractivity contribution in [2.24, 2.45) is 0 Å². The molecule has 10 heteroatoms. The fraction of sp³-hybridized carbons (Fsp3) is 0.296. The molecule has 1 aliphatic heterocycles. The molecule has 0 bridgehead atoms. The summed E-state index contributed by atoms with van der Waals surface area (Å²) >= 11 is 0. The first kappa shape index (κ1) is 22.9. The van der Waals surface area contributed by atoms with Crippen molar-refractivity contribution in [3.05, 3.63) is 59.9 Å². The molecule has 4 aromatic rings. The predicted octanol–water partition coefficient (Wildman–Crippen LogP) is 3.40. The number of Topliss-reactive ketones (excluding diaryl/α,β-unsaturated/α-hetero) is 1. The van der Waals surface area contributed by atoms with Gasteiger partial charge in [-0.05, 0) is 44.2 Å². The zero-order valence-electron chi connectivity index (χ0n) is 20.2. The number of benzene rings is 1. The minimum atomic E-state index is -0.448. The van der Waals surface area contributed by atoms with Gasteiger partial charge in [0.1, 0.15) is 17.3 Å². The zero-order chi connectivity index (χ0) is 25.8. The molecule has 3 aromatic heterocycles. The fourth-order valence-corrected chi connectivity index (χ4v) is 4.99. The summed E-state index contributed by atoms with van der Waals surface area (Å²) in [6, 6.07) is 3.29. The van der Waals surface area contributed by atoms with Gasteiger partial charge >= 0.3 is 0 Å². The summed E-state index contributed by atoms with van der Waals surface area (Å²) in [5.41, 5.74) is 9.01. The largest absolute Gasteiger partial charge is 0.383 e. The molecule has 0 radical (unpaired) electrons. The van der Waals surface area contributed by atoms with Crippen LogP contribution in [0.5, 0.6) is 0 Å². The number of ketones is 1. The van der Waals surface area contributed by atoms with Crippen LogP contribution in [0.3, 0.4) is 0 Å². The Hall–Kier alpha value is -4.52. The third kappa shape index (κ3) is 3.83. The summed E-state index contributed by atoms with van der Waals surface area (Å²) < 4.78 is 18.7. The molecule has 1 amide bonds. The van der Waals surface area contributed by atoms with E-state index in [1.54, 1.807) is 22.0 Å². The van der Waals surface area contributed by atoms with Gasteiger partial charge in [0.25, 0.3) is 0 Å². The predicted molar refractivity (Wildman–Crippen MR) is 136 cm³/mol. The Kier molecular flexibility index (Phi) is 5.30. The highest BCUT2D eigenvalue weighted by Gasteiger charge is 2.31. The molecule has 1 aromatic carbocycles. The Labute approximate surface area is 211 Å². The molecule has 1 saturated heterocycles. The first-order chi connectivity index (χ1) is 17.9. The quantitative estimate of drug-likeness (QED) is 0.263. The maximum absolute atomic E-state index is 15.0. The number of anilines is 1. The second-order valence-corrected chi connectivity index (χ2v) is 9.51. The Morgan fingerprint density at radius 1 is 1.19 bits per heavy atom. The van der Waals surface area contributed by atoms with Gasteiger partial charge in [-0.2, -0.15) is 5.10 Å². The van der Waals surface area contributed by atoms with E-state index in [0.29, 0.717) is 53.2 Å². The van der Waals surface area contributed by atoms with E-state index >= 15 is 4.39 Å². The number of carbonyl (C=O) groups is 2. The van der Waals surface area contributed by atoms with Crippen molar-refractivity contribution in [2.45, 2.75) is 38.3 Å². The molecule has 4 heterocycles. The van der Waals surface area contributed by atoms with Crippen molar-refractivity contribution in [2.75, 3.05) is 18.8 Å². The van der Waals surface area contributed by atoms with Crippen molar-refractivity contribution in [3.8, 4) is 11.8 Å². The van der Waals surface area contributed by atoms with Crippen LogP contribution in [0.2, 0.25) is 0 Å². The Balaban J connectivity index is 1.46. The summed E-state index contributed by atoms with van der Waals surface area (Å²) in [7, 11) is 0. The number of nitrogens with two attached hydrogens (primary N) is 1. The number of likely N-dealkylation sites (tertiary alicyclic amines) is 1. The summed E-state index contributed by atoms with van der Waals surface area (Å²) in [6.07, 6.45) is 7.23. The smallest absolute Gasteiger partial charge is 0.246 e.